The van der Waals surface area contributed by atoms with Crippen molar-refractivity contribution in [2.24, 2.45) is 0 Å². The third kappa shape index (κ3) is 1.95. The molecule has 0 bridgehead atoms. The molecule has 2 aromatic carbocycles. The van der Waals surface area contributed by atoms with E-state index in [9.17, 15) is 9.59 Å². The van der Waals surface area contributed by atoms with Crippen LogP contribution in [0.5, 0.6) is 0 Å². The predicted octanol–water partition coefficient (Wildman–Crippen LogP) is 3.02. The van der Waals surface area contributed by atoms with E-state index in [0.717, 1.165) is 0 Å². The van der Waals surface area contributed by atoms with Crippen molar-refractivity contribution in [3.63, 3.8) is 0 Å². The van der Waals surface area contributed by atoms with E-state index in [-0.39, 0.29) is 5.78 Å². The van der Waals surface area contributed by atoms with Crippen LogP contribution < -0.4 is 5.63 Å². The SMILES string of the molecule is O=C(c1ccccc1)c1coc(=O)c2ccccc12. The summed E-state index contributed by atoms with van der Waals surface area (Å²) in [5.41, 5.74) is 0.545. The molecule has 1 aromatic heterocycles. The van der Waals surface area contributed by atoms with Crippen LogP contribution in [0.4, 0.5) is 0 Å². The van der Waals surface area contributed by atoms with Crippen LogP contribution in [-0.4, -0.2) is 5.78 Å². The zero-order valence-electron chi connectivity index (χ0n) is 10.00. The van der Waals surface area contributed by atoms with E-state index in [4.69, 9.17) is 4.42 Å². The molecule has 0 saturated carbocycles. The summed E-state index contributed by atoms with van der Waals surface area (Å²) in [5, 5.41) is 1.04. The summed E-state index contributed by atoms with van der Waals surface area (Å²) < 4.78 is 4.94. The Morgan fingerprint density at radius 1 is 0.842 bits per heavy atom. The van der Waals surface area contributed by atoms with Gasteiger partial charge in [0.2, 0.25) is 0 Å². The van der Waals surface area contributed by atoms with Crippen LogP contribution >= 0.6 is 0 Å². The lowest BCUT2D eigenvalue weighted by molar-refractivity contribution is 0.103. The summed E-state index contributed by atoms with van der Waals surface area (Å²) in [6.07, 6.45) is 1.24. The number of ketones is 1. The lowest BCUT2D eigenvalue weighted by Crippen LogP contribution is -2.07. The highest BCUT2D eigenvalue weighted by atomic mass is 16.4. The average Bonchev–Trinajstić information content (AvgIpc) is 2.48. The first-order valence-electron chi connectivity index (χ1n) is 5.87. The molecule has 3 rings (SSSR count). The largest absolute Gasteiger partial charge is 0.430 e. The molecule has 19 heavy (non-hydrogen) atoms. The van der Waals surface area contributed by atoms with Gasteiger partial charge >= 0.3 is 5.63 Å². The number of rotatable bonds is 2. The first kappa shape index (κ1) is 11.4. The lowest BCUT2D eigenvalue weighted by atomic mass is 10.0. The van der Waals surface area contributed by atoms with Crippen LogP contribution in [0.1, 0.15) is 15.9 Å². The Hall–Kier alpha value is -2.68. The highest BCUT2D eigenvalue weighted by molar-refractivity contribution is 6.15. The number of fused-ring (bicyclic) bond motifs is 1. The first-order valence-corrected chi connectivity index (χ1v) is 5.87. The third-order valence-electron chi connectivity index (χ3n) is 3.00. The molecule has 0 amide bonds. The Kier molecular flexibility index (Phi) is 2.72. The maximum atomic E-state index is 12.4. The van der Waals surface area contributed by atoms with Crippen LogP contribution in [0.15, 0.2) is 70.1 Å². The minimum absolute atomic E-state index is 0.152. The van der Waals surface area contributed by atoms with Gasteiger partial charge in [0.25, 0.3) is 0 Å². The third-order valence-corrected chi connectivity index (χ3v) is 3.00. The summed E-state index contributed by atoms with van der Waals surface area (Å²) >= 11 is 0. The summed E-state index contributed by atoms with van der Waals surface area (Å²) in [4.78, 5) is 24.0. The standard InChI is InChI=1S/C16H10O3/c17-15(11-6-2-1-3-7-11)14-10-19-16(18)13-9-5-4-8-12(13)14/h1-10H. The predicted molar refractivity (Wildman–Crippen MR) is 72.4 cm³/mol. The van der Waals surface area contributed by atoms with Gasteiger partial charge in [-0.2, -0.15) is 0 Å². The van der Waals surface area contributed by atoms with Gasteiger partial charge in [-0.15, -0.1) is 0 Å². The Labute approximate surface area is 109 Å². The normalized spacial score (nSPS) is 10.5. The fraction of sp³-hybridized carbons (Fsp3) is 0. The van der Waals surface area contributed by atoms with Crippen LogP contribution in [0.25, 0.3) is 10.8 Å². The molecule has 0 aliphatic rings. The topological polar surface area (TPSA) is 47.3 Å². The van der Waals surface area contributed by atoms with E-state index in [1.807, 2.05) is 6.07 Å². The molecule has 0 unspecified atom stereocenters. The lowest BCUT2D eigenvalue weighted by Gasteiger charge is -2.04. The van der Waals surface area contributed by atoms with Crippen molar-refractivity contribution in [2.75, 3.05) is 0 Å². The number of carbonyl (C=O) groups is 1. The highest BCUT2D eigenvalue weighted by Crippen LogP contribution is 2.18. The molecule has 0 radical (unpaired) electrons. The van der Waals surface area contributed by atoms with Gasteiger partial charge in [0.1, 0.15) is 6.26 Å². The number of carbonyl (C=O) groups excluding carboxylic acids is 1. The van der Waals surface area contributed by atoms with Crippen LogP contribution in [0, 0.1) is 0 Å². The highest BCUT2D eigenvalue weighted by Gasteiger charge is 2.14. The van der Waals surface area contributed by atoms with E-state index in [2.05, 4.69) is 0 Å². The molecule has 3 aromatic rings. The Bertz CT molecular complexity index is 801. The molecule has 3 nitrogen and oxygen atoms in total. The van der Waals surface area contributed by atoms with E-state index >= 15 is 0 Å². The smallest absolute Gasteiger partial charge is 0.343 e. The van der Waals surface area contributed by atoms with Crippen molar-refractivity contribution >= 4 is 16.6 Å². The van der Waals surface area contributed by atoms with Crippen molar-refractivity contribution in [1.82, 2.24) is 0 Å². The summed E-state index contributed by atoms with van der Waals surface area (Å²) in [7, 11) is 0. The second kappa shape index (κ2) is 4.53. The molecule has 0 aliphatic carbocycles. The second-order valence-electron chi connectivity index (χ2n) is 4.18. The summed E-state index contributed by atoms with van der Waals surface area (Å²) in [6, 6.07) is 15.9. The van der Waals surface area contributed by atoms with Gasteiger partial charge in [0.05, 0.1) is 10.9 Å². The van der Waals surface area contributed by atoms with Gasteiger partial charge < -0.3 is 4.42 Å². The molecule has 0 aliphatic heterocycles. The fourth-order valence-electron chi connectivity index (χ4n) is 2.06. The minimum Gasteiger partial charge on any atom is -0.430 e. The maximum absolute atomic E-state index is 12.4. The van der Waals surface area contributed by atoms with Crippen LogP contribution in [0.3, 0.4) is 0 Å². The van der Waals surface area contributed by atoms with Gasteiger partial charge in [-0.1, -0.05) is 48.5 Å². The van der Waals surface area contributed by atoms with Gasteiger partial charge in [-0.25, -0.2) is 4.79 Å². The molecule has 0 saturated heterocycles. The molecule has 0 spiro atoms. The zero-order valence-corrected chi connectivity index (χ0v) is 10.00. The van der Waals surface area contributed by atoms with Crippen LogP contribution in [-0.2, 0) is 0 Å². The molecular formula is C16H10O3. The Morgan fingerprint density at radius 2 is 1.47 bits per heavy atom. The van der Waals surface area contributed by atoms with Gasteiger partial charge in [0, 0.05) is 10.9 Å². The van der Waals surface area contributed by atoms with E-state index in [0.29, 0.717) is 21.9 Å². The first-order chi connectivity index (χ1) is 9.27. The number of hydrogen-bond acceptors (Lipinski definition) is 3. The van der Waals surface area contributed by atoms with Crippen molar-refractivity contribution in [3.8, 4) is 0 Å². The van der Waals surface area contributed by atoms with Crippen molar-refractivity contribution in [3.05, 3.63) is 82.4 Å². The molecular weight excluding hydrogens is 240 g/mol. The summed E-state index contributed by atoms with van der Waals surface area (Å²) in [6.45, 7) is 0. The molecule has 3 heteroatoms. The zero-order chi connectivity index (χ0) is 13.2. The van der Waals surface area contributed by atoms with Gasteiger partial charge in [-0.05, 0) is 6.07 Å². The Balaban J connectivity index is 2.25. The second-order valence-corrected chi connectivity index (χ2v) is 4.18. The average molecular weight is 250 g/mol. The van der Waals surface area contributed by atoms with E-state index in [1.54, 1.807) is 48.5 Å². The number of benzene rings is 2. The fourth-order valence-corrected chi connectivity index (χ4v) is 2.06. The van der Waals surface area contributed by atoms with Gasteiger partial charge in [0.15, 0.2) is 5.78 Å². The molecule has 0 N–H and O–H groups in total. The van der Waals surface area contributed by atoms with Crippen molar-refractivity contribution in [2.45, 2.75) is 0 Å². The van der Waals surface area contributed by atoms with Gasteiger partial charge in [-0.3, -0.25) is 4.79 Å². The quantitative estimate of drug-likeness (QED) is 0.657. The molecule has 92 valence electrons. The number of hydrogen-bond donors (Lipinski definition) is 0. The van der Waals surface area contributed by atoms with E-state index < -0.39 is 5.63 Å². The summed E-state index contributed by atoms with van der Waals surface area (Å²) in [5.74, 6) is -0.152. The maximum Gasteiger partial charge on any atom is 0.343 e. The molecule has 0 fully saturated rings. The minimum atomic E-state index is -0.430. The molecule has 0 atom stereocenters. The van der Waals surface area contributed by atoms with Crippen molar-refractivity contribution in [1.29, 1.82) is 0 Å². The van der Waals surface area contributed by atoms with E-state index in [1.165, 1.54) is 6.26 Å². The monoisotopic (exact) mass is 250 g/mol. The molecule has 1 heterocycles. The van der Waals surface area contributed by atoms with Crippen LogP contribution in [0.2, 0.25) is 0 Å². The Morgan fingerprint density at radius 3 is 2.21 bits per heavy atom. The van der Waals surface area contributed by atoms with Crippen molar-refractivity contribution < 1.29 is 9.21 Å².